The number of carbonyl (C=O) groups is 1. The molecule has 1 fully saturated rings. The largest absolute Gasteiger partial charge is 0.353 e. The molecule has 3 heteroatoms. The van der Waals surface area contributed by atoms with Crippen LogP contribution in [0.25, 0.3) is 0 Å². The average molecular weight is 379 g/mol. The van der Waals surface area contributed by atoms with E-state index < -0.39 is 0 Å². The van der Waals surface area contributed by atoms with Crippen molar-refractivity contribution in [3.05, 3.63) is 70.8 Å². The maximum Gasteiger partial charge on any atom is 0.162 e. The molecule has 1 aliphatic carbocycles. The fraction of sp³-hybridized carbons (Fsp3) is 0.480. The topological polar surface area (TPSA) is 35.5 Å². The highest BCUT2D eigenvalue weighted by Gasteiger charge is 2.24. The van der Waals surface area contributed by atoms with E-state index in [1.165, 1.54) is 29.5 Å². The molecule has 0 amide bonds. The number of rotatable bonds is 7. The predicted octanol–water partition coefficient (Wildman–Crippen LogP) is 5.29. The minimum absolute atomic E-state index is 0.121. The first-order valence-electron chi connectivity index (χ1n) is 10.7. The SMILES string of the molecule is O=C(CCC1CCOC(CCc2ccccc2)O1)c1ccc2c(c1)CCCC2. The van der Waals surface area contributed by atoms with E-state index in [-0.39, 0.29) is 18.2 Å². The molecular weight excluding hydrogens is 348 g/mol. The van der Waals surface area contributed by atoms with Gasteiger partial charge in [0.15, 0.2) is 12.1 Å². The van der Waals surface area contributed by atoms with Gasteiger partial charge in [0.2, 0.25) is 0 Å². The first kappa shape index (κ1) is 19.4. The Morgan fingerprint density at radius 3 is 2.64 bits per heavy atom. The number of hydrogen-bond acceptors (Lipinski definition) is 3. The fourth-order valence-corrected chi connectivity index (χ4v) is 4.29. The predicted molar refractivity (Wildman–Crippen MR) is 111 cm³/mol. The minimum atomic E-state index is -0.155. The van der Waals surface area contributed by atoms with Crippen LogP contribution >= 0.6 is 0 Å². The fourth-order valence-electron chi connectivity index (χ4n) is 4.29. The molecule has 3 nitrogen and oxygen atoms in total. The Kier molecular flexibility index (Phi) is 6.56. The van der Waals surface area contributed by atoms with Gasteiger partial charge in [-0.2, -0.15) is 0 Å². The summed E-state index contributed by atoms with van der Waals surface area (Å²) < 4.78 is 11.9. The smallest absolute Gasteiger partial charge is 0.162 e. The summed E-state index contributed by atoms with van der Waals surface area (Å²) in [6, 6.07) is 16.7. The molecule has 2 aromatic carbocycles. The summed E-state index contributed by atoms with van der Waals surface area (Å²) in [5.41, 5.74) is 4.98. The van der Waals surface area contributed by atoms with Crippen LogP contribution in [0.15, 0.2) is 48.5 Å². The van der Waals surface area contributed by atoms with Crippen LogP contribution in [0, 0.1) is 0 Å². The lowest BCUT2D eigenvalue weighted by Crippen LogP contribution is -2.33. The molecule has 4 rings (SSSR count). The van der Waals surface area contributed by atoms with Crippen molar-refractivity contribution in [2.75, 3.05) is 6.61 Å². The van der Waals surface area contributed by atoms with Crippen molar-refractivity contribution in [3.63, 3.8) is 0 Å². The van der Waals surface area contributed by atoms with Crippen LogP contribution in [0.4, 0.5) is 0 Å². The van der Waals surface area contributed by atoms with Gasteiger partial charge in [0.1, 0.15) is 0 Å². The van der Waals surface area contributed by atoms with Crippen molar-refractivity contribution in [3.8, 4) is 0 Å². The van der Waals surface area contributed by atoms with Crippen molar-refractivity contribution in [1.29, 1.82) is 0 Å². The molecule has 2 aliphatic rings. The Morgan fingerprint density at radius 2 is 1.79 bits per heavy atom. The number of Topliss-reactive ketones (excluding diaryl/α,β-unsaturated/α-hetero) is 1. The lowest BCUT2D eigenvalue weighted by atomic mass is 9.89. The molecule has 1 heterocycles. The lowest BCUT2D eigenvalue weighted by molar-refractivity contribution is -0.215. The van der Waals surface area contributed by atoms with Crippen LogP contribution in [0.2, 0.25) is 0 Å². The maximum absolute atomic E-state index is 12.7. The van der Waals surface area contributed by atoms with Crippen LogP contribution in [0.5, 0.6) is 0 Å². The van der Waals surface area contributed by atoms with Gasteiger partial charge in [0.05, 0.1) is 12.7 Å². The van der Waals surface area contributed by atoms with Gasteiger partial charge >= 0.3 is 0 Å². The molecule has 2 atom stereocenters. The first-order valence-corrected chi connectivity index (χ1v) is 10.7. The van der Waals surface area contributed by atoms with E-state index in [0.717, 1.165) is 50.7 Å². The summed E-state index contributed by atoms with van der Waals surface area (Å²) >= 11 is 0. The van der Waals surface area contributed by atoms with Crippen molar-refractivity contribution in [2.24, 2.45) is 0 Å². The Hall–Kier alpha value is -1.97. The van der Waals surface area contributed by atoms with E-state index in [4.69, 9.17) is 9.47 Å². The molecular formula is C25H30O3. The van der Waals surface area contributed by atoms with E-state index in [1.54, 1.807) is 0 Å². The number of hydrogen-bond donors (Lipinski definition) is 0. The second kappa shape index (κ2) is 9.49. The molecule has 0 aromatic heterocycles. The molecule has 1 saturated heterocycles. The zero-order valence-corrected chi connectivity index (χ0v) is 16.6. The van der Waals surface area contributed by atoms with Gasteiger partial charge < -0.3 is 9.47 Å². The van der Waals surface area contributed by atoms with Crippen molar-refractivity contribution >= 4 is 5.78 Å². The zero-order chi connectivity index (χ0) is 19.2. The first-order chi connectivity index (χ1) is 13.8. The number of ketones is 1. The summed E-state index contributed by atoms with van der Waals surface area (Å²) in [4.78, 5) is 12.7. The highest BCUT2D eigenvalue weighted by Crippen LogP contribution is 2.24. The van der Waals surface area contributed by atoms with E-state index in [1.807, 2.05) is 12.1 Å². The third kappa shape index (κ3) is 5.09. The molecule has 0 saturated carbocycles. The van der Waals surface area contributed by atoms with E-state index in [2.05, 4.69) is 36.4 Å². The van der Waals surface area contributed by atoms with Crippen molar-refractivity contribution in [2.45, 2.75) is 70.2 Å². The van der Waals surface area contributed by atoms with Crippen LogP contribution < -0.4 is 0 Å². The van der Waals surface area contributed by atoms with Gasteiger partial charge in [-0.05, 0) is 67.7 Å². The zero-order valence-electron chi connectivity index (χ0n) is 16.6. The highest BCUT2D eigenvalue weighted by atomic mass is 16.7. The Labute approximate surface area is 168 Å². The van der Waals surface area contributed by atoms with Gasteiger partial charge in [-0.1, -0.05) is 42.5 Å². The molecule has 148 valence electrons. The van der Waals surface area contributed by atoms with Crippen LogP contribution in [-0.4, -0.2) is 24.8 Å². The third-order valence-electron chi connectivity index (χ3n) is 5.96. The molecule has 2 aromatic rings. The molecule has 0 N–H and O–H groups in total. The van der Waals surface area contributed by atoms with Gasteiger partial charge in [-0.25, -0.2) is 0 Å². The number of ether oxygens (including phenoxy) is 2. The highest BCUT2D eigenvalue weighted by molar-refractivity contribution is 5.96. The summed E-state index contributed by atoms with van der Waals surface area (Å²) in [6.45, 7) is 0.719. The van der Waals surface area contributed by atoms with Gasteiger partial charge in [-0.15, -0.1) is 0 Å². The summed E-state index contributed by atoms with van der Waals surface area (Å²) in [6.07, 6.45) is 8.76. The third-order valence-corrected chi connectivity index (χ3v) is 5.96. The Balaban J connectivity index is 1.25. The van der Waals surface area contributed by atoms with Crippen molar-refractivity contribution < 1.29 is 14.3 Å². The second-order valence-corrected chi connectivity index (χ2v) is 8.02. The normalized spacial score (nSPS) is 21.9. The minimum Gasteiger partial charge on any atom is -0.353 e. The molecule has 1 aliphatic heterocycles. The molecule has 0 radical (unpaired) electrons. The number of benzene rings is 2. The lowest BCUT2D eigenvalue weighted by Gasteiger charge is -2.30. The average Bonchev–Trinajstić information content (AvgIpc) is 2.77. The van der Waals surface area contributed by atoms with Crippen molar-refractivity contribution in [1.82, 2.24) is 0 Å². The molecule has 2 unspecified atom stereocenters. The number of aryl methyl sites for hydroxylation is 3. The van der Waals surface area contributed by atoms with Crippen LogP contribution in [0.1, 0.15) is 65.6 Å². The maximum atomic E-state index is 12.7. The summed E-state index contributed by atoms with van der Waals surface area (Å²) in [5, 5.41) is 0. The second-order valence-electron chi connectivity index (χ2n) is 8.02. The quantitative estimate of drug-likeness (QED) is 0.614. The van der Waals surface area contributed by atoms with Gasteiger partial charge in [0, 0.05) is 18.4 Å². The van der Waals surface area contributed by atoms with Crippen LogP contribution in [-0.2, 0) is 28.7 Å². The molecule has 0 spiro atoms. The summed E-state index contributed by atoms with van der Waals surface area (Å²) in [7, 11) is 0. The summed E-state index contributed by atoms with van der Waals surface area (Å²) in [5.74, 6) is 0.240. The van der Waals surface area contributed by atoms with E-state index in [9.17, 15) is 4.79 Å². The standard InChI is InChI=1S/C25H30O3/c26-24(22-12-11-20-8-4-5-9-21(20)18-22)14-13-23-16-17-27-25(28-23)15-10-19-6-2-1-3-7-19/h1-3,6-7,11-12,18,23,25H,4-5,8-10,13-17H2. The van der Waals surface area contributed by atoms with Crippen LogP contribution in [0.3, 0.4) is 0 Å². The number of fused-ring (bicyclic) bond motifs is 1. The Bertz CT molecular complexity index is 784. The van der Waals surface area contributed by atoms with E-state index >= 15 is 0 Å². The van der Waals surface area contributed by atoms with Gasteiger partial charge in [-0.3, -0.25) is 4.79 Å². The monoisotopic (exact) mass is 378 g/mol. The molecule has 28 heavy (non-hydrogen) atoms. The molecule has 0 bridgehead atoms. The Morgan fingerprint density at radius 1 is 0.964 bits per heavy atom. The van der Waals surface area contributed by atoms with Gasteiger partial charge in [0.25, 0.3) is 0 Å². The van der Waals surface area contributed by atoms with E-state index in [0.29, 0.717) is 6.42 Å². The number of carbonyl (C=O) groups excluding carboxylic acids is 1.